The Bertz CT molecular complexity index is 689. The van der Waals surface area contributed by atoms with Crippen LogP contribution in [0.15, 0.2) is 53.8 Å². The Morgan fingerprint density at radius 1 is 1.26 bits per heavy atom. The van der Waals surface area contributed by atoms with Crippen molar-refractivity contribution in [3.63, 3.8) is 0 Å². The molecule has 3 N–H and O–H groups in total. The highest BCUT2D eigenvalue weighted by Crippen LogP contribution is 2.22. The van der Waals surface area contributed by atoms with Gasteiger partial charge in [0.2, 0.25) is 0 Å². The van der Waals surface area contributed by atoms with E-state index in [2.05, 4.69) is 26.4 Å². The van der Waals surface area contributed by atoms with Gasteiger partial charge in [-0.1, -0.05) is 18.2 Å². The third-order valence-electron chi connectivity index (χ3n) is 3.55. The molecule has 1 aliphatic rings. The summed E-state index contributed by atoms with van der Waals surface area (Å²) in [6.45, 7) is 0. The monoisotopic (exact) mass is 313 g/mol. The van der Waals surface area contributed by atoms with Crippen molar-refractivity contribution in [2.45, 2.75) is 18.5 Å². The number of hydrogen-bond acceptors (Lipinski definition) is 5. The molecule has 3 rings (SSSR count). The van der Waals surface area contributed by atoms with Gasteiger partial charge in [0.25, 0.3) is 5.91 Å². The van der Waals surface area contributed by atoms with E-state index in [0.29, 0.717) is 12.1 Å². The normalized spacial score (nSPS) is 20.7. The third-order valence-corrected chi connectivity index (χ3v) is 3.55. The van der Waals surface area contributed by atoms with Gasteiger partial charge >= 0.3 is 0 Å². The Labute approximate surface area is 132 Å². The Morgan fingerprint density at radius 3 is 2.83 bits per heavy atom. The average Bonchev–Trinajstić information content (AvgIpc) is 3.06. The molecule has 1 aromatic heterocycles. The number of benzene rings is 1. The van der Waals surface area contributed by atoms with Crippen LogP contribution >= 0.6 is 0 Å². The first kappa shape index (κ1) is 15.3. The fourth-order valence-electron chi connectivity index (χ4n) is 2.33. The van der Waals surface area contributed by atoms with Crippen LogP contribution in [-0.4, -0.2) is 23.1 Å². The van der Waals surface area contributed by atoms with Crippen molar-refractivity contribution in [2.24, 2.45) is 5.10 Å². The summed E-state index contributed by atoms with van der Waals surface area (Å²) in [5, 5.41) is 3.89. The molecule has 0 aliphatic carbocycles. The van der Waals surface area contributed by atoms with Crippen LogP contribution in [0.4, 0.5) is 4.39 Å². The summed E-state index contributed by atoms with van der Waals surface area (Å²) in [7, 11) is 0. The average molecular weight is 313 g/mol. The van der Waals surface area contributed by atoms with Gasteiger partial charge in [-0.15, -0.1) is 0 Å². The summed E-state index contributed by atoms with van der Waals surface area (Å²) < 4.78 is 12.9. The van der Waals surface area contributed by atoms with Gasteiger partial charge < -0.3 is 0 Å². The highest BCUT2D eigenvalue weighted by atomic mass is 19.1. The van der Waals surface area contributed by atoms with Crippen molar-refractivity contribution in [2.75, 3.05) is 0 Å². The molecular weight excluding hydrogens is 297 g/mol. The summed E-state index contributed by atoms with van der Waals surface area (Å²) in [4.78, 5) is 16.1. The van der Waals surface area contributed by atoms with E-state index < -0.39 is 6.04 Å². The predicted molar refractivity (Wildman–Crippen MR) is 83.8 cm³/mol. The molecule has 1 amide bonds. The van der Waals surface area contributed by atoms with Crippen LogP contribution in [0.3, 0.4) is 0 Å². The number of carbonyl (C=O) groups excluding carboxylic acids is 1. The Morgan fingerprint density at radius 2 is 2.09 bits per heavy atom. The van der Waals surface area contributed by atoms with E-state index in [9.17, 15) is 9.18 Å². The molecule has 0 saturated carbocycles. The van der Waals surface area contributed by atoms with E-state index in [1.165, 1.54) is 18.3 Å². The molecule has 118 valence electrons. The molecule has 0 spiro atoms. The molecule has 2 atom stereocenters. The zero-order chi connectivity index (χ0) is 16.1. The SMILES string of the molecule is O=C(N/N=C/c1ccccn1)C1CC(c2ccc(F)cc2)NN1. The van der Waals surface area contributed by atoms with Crippen molar-refractivity contribution >= 4 is 12.1 Å². The molecule has 1 saturated heterocycles. The first-order chi connectivity index (χ1) is 11.2. The number of halogens is 1. The number of rotatable bonds is 4. The smallest absolute Gasteiger partial charge is 0.258 e. The van der Waals surface area contributed by atoms with Crippen LogP contribution < -0.4 is 16.3 Å². The molecule has 6 nitrogen and oxygen atoms in total. The maximum atomic E-state index is 12.9. The summed E-state index contributed by atoms with van der Waals surface area (Å²) in [5.41, 5.74) is 10.0. The summed E-state index contributed by atoms with van der Waals surface area (Å²) in [6, 6.07) is 11.2. The zero-order valence-corrected chi connectivity index (χ0v) is 12.2. The van der Waals surface area contributed by atoms with Crippen LogP contribution in [0.5, 0.6) is 0 Å². The minimum absolute atomic E-state index is 0.0499. The predicted octanol–water partition coefficient (Wildman–Crippen LogP) is 1.28. The molecule has 2 unspecified atom stereocenters. The molecule has 23 heavy (non-hydrogen) atoms. The molecular formula is C16H16FN5O. The summed E-state index contributed by atoms with van der Waals surface area (Å²) in [5.74, 6) is -0.521. The van der Waals surface area contributed by atoms with Crippen molar-refractivity contribution in [1.82, 2.24) is 21.3 Å². The van der Waals surface area contributed by atoms with Crippen LogP contribution in [0.1, 0.15) is 23.7 Å². The number of hydrazine groups is 1. The second kappa shape index (κ2) is 7.08. The van der Waals surface area contributed by atoms with E-state index in [0.717, 1.165) is 5.56 Å². The summed E-state index contributed by atoms with van der Waals surface area (Å²) >= 11 is 0. The highest BCUT2D eigenvalue weighted by Gasteiger charge is 2.29. The van der Waals surface area contributed by atoms with Crippen molar-refractivity contribution in [1.29, 1.82) is 0 Å². The summed E-state index contributed by atoms with van der Waals surface area (Å²) in [6.07, 6.45) is 3.69. The van der Waals surface area contributed by atoms with Crippen LogP contribution in [0.25, 0.3) is 0 Å². The fraction of sp³-hybridized carbons (Fsp3) is 0.188. The lowest BCUT2D eigenvalue weighted by Gasteiger charge is -2.09. The molecule has 1 aromatic carbocycles. The number of pyridine rings is 1. The lowest BCUT2D eigenvalue weighted by molar-refractivity contribution is -0.122. The van der Waals surface area contributed by atoms with Gasteiger partial charge in [-0.25, -0.2) is 20.7 Å². The van der Waals surface area contributed by atoms with Crippen LogP contribution in [0.2, 0.25) is 0 Å². The molecule has 1 aliphatic heterocycles. The second-order valence-electron chi connectivity index (χ2n) is 5.17. The second-order valence-corrected chi connectivity index (χ2v) is 5.17. The van der Waals surface area contributed by atoms with E-state index >= 15 is 0 Å². The van der Waals surface area contributed by atoms with Gasteiger partial charge in [-0.2, -0.15) is 5.10 Å². The molecule has 2 aromatic rings. The first-order valence-corrected chi connectivity index (χ1v) is 7.23. The van der Waals surface area contributed by atoms with E-state index in [1.54, 1.807) is 30.5 Å². The number of carbonyl (C=O) groups is 1. The fourth-order valence-corrected chi connectivity index (χ4v) is 2.33. The zero-order valence-electron chi connectivity index (χ0n) is 12.2. The quantitative estimate of drug-likeness (QED) is 0.587. The van der Waals surface area contributed by atoms with Crippen LogP contribution in [0, 0.1) is 5.82 Å². The highest BCUT2D eigenvalue weighted by molar-refractivity contribution is 5.84. The lowest BCUT2D eigenvalue weighted by atomic mass is 10.0. The number of nitrogens with one attached hydrogen (secondary N) is 3. The van der Waals surface area contributed by atoms with Gasteiger partial charge in [0.05, 0.1) is 11.9 Å². The van der Waals surface area contributed by atoms with Crippen molar-refractivity contribution in [3.8, 4) is 0 Å². The number of aromatic nitrogens is 1. The maximum absolute atomic E-state index is 12.9. The molecule has 1 fully saturated rings. The Kier molecular flexibility index (Phi) is 4.70. The molecule has 0 radical (unpaired) electrons. The van der Waals surface area contributed by atoms with E-state index in [1.807, 2.05) is 6.07 Å². The Balaban J connectivity index is 1.53. The van der Waals surface area contributed by atoms with E-state index in [4.69, 9.17) is 0 Å². The van der Waals surface area contributed by atoms with Gasteiger partial charge in [-0.05, 0) is 36.2 Å². The third kappa shape index (κ3) is 3.97. The number of nitrogens with zero attached hydrogens (tertiary/aromatic N) is 2. The molecule has 2 heterocycles. The number of hydrazone groups is 1. The van der Waals surface area contributed by atoms with Crippen LogP contribution in [-0.2, 0) is 4.79 Å². The van der Waals surface area contributed by atoms with Gasteiger partial charge in [0.15, 0.2) is 0 Å². The first-order valence-electron chi connectivity index (χ1n) is 7.23. The Hall–Kier alpha value is -2.64. The maximum Gasteiger partial charge on any atom is 0.258 e. The topological polar surface area (TPSA) is 78.4 Å². The van der Waals surface area contributed by atoms with E-state index in [-0.39, 0.29) is 17.8 Å². The minimum Gasteiger partial charge on any atom is -0.271 e. The van der Waals surface area contributed by atoms with Crippen molar-refractivity contribution < 1.29 is 9.18 Å². The van der Waals surface area contributed by atoms with Gasteiger partial charge in [-0.3, -0.25) is 9.78 Å². The largest absolute Gasteiger partial charge is 0.271 e. The van der Waals surface area contributed by atoms with Crippen molar-refractivity contribution in [3.05, 3.63) is 65.7 Å². The van der Waals surface area contributed by atoms with Gasteiger partial charge in [0.1, 0.15) is 11.9 Å². The molecule has 0 bridgehead atoms. The van der Waals surface area contributed by atoms with Gasteiger partial charge in [0, 0.05) is 12.2 Å². The lowest BCUT2D eigenvalue weighted by Crippen LogP contribution is -2.41. The number of amides is 1. The standard InChI is InChI=1S/C16H16FN5O/c17-12-6-4-11(5-7-12)14-9-15(21-20-14)16(23)22-19-10-13-3-1-2-8-18-13/h1-8,10,14-15,20-21H,9H2,(H,22,23)/b19-10+. The number of hydrogen-bond donors (Lipinski definition) is 3. The minimum atomic E-state index is -0.411. The molecule has 7 heteroatoms.